The number of hydrogen-bond acceptors (Lipinski definition) is 5. The van der Waals surface area contributed by atoms with E-state index in [0.29, 0.717) is 12.2 Å². The highest BCUT2D eigenvalue weighted by molar-refractivity contribution is 7.80. The molecule has 21 heavy (non-hydrogen) atoms. The molecular weight excluding hydrogens is 288 g/mol. The fourth-order valence-corrected chi connectivity index (χ4v) is 2.09. The number of nitrogens with two attached hydrogens (primary N) is 1. The Hall–Kier alpha value is -2.35. The van der Waals surface area contributed by atoms with E-state index in [1.165, 1.54) is 0 Å². The van der Waals surface area contributed by atoms with Crippen LogP contribution in [0.25, 0.3) is 0 Å². The average molecular weight is 304 g/mol. The summed E-state index contributed by atoms with van der Waals surface area (Å²) < 4.78 is 0. The van der Waals surface area contributed by atoms with Crippen molar-refractivity contribution in [3.8, 4) is 0 Å². The molecule has 1 aromatic carbocycles. The third-order valence-electron chi connectivity index (χ3n) is 3.05. The normalized spacial score (nSPS) is 13.4. The third kappa shape index (κ3) is 4.06. The van der Waals surface area contributed by atoms with Gasteiger partial charge >= 0.3 is 0 Å². The van der Waals surface area contributed by atoms with Gasteiger partial charge in [-0.05, 0) is 18.9 Å². The Kier molecular flexibility index (Phi) is 4.94. The topological polar surface area (TPSA) is 110 Å². The number of thiocarbonyl (C=S) groups is 1. The summed E-state index contributed by atoms with van der Waals surface area (Å²) in [6.45, 7) is 1.77. The van der Waals surface area contributed by atoms with E-state index in [2.05, 4.69) is 25.9 Å². The molecule has 2 atom stereocenters. The number of hydrogen-bond donors (Lipinski definition) is 3. The molecule has 1 amide bonds. The lowest BCUT2D eigenvalue weighted by molar-refractivity contribution is -0.123. The fourth-order valence-electron chi connectivity index (χ4n) is 1.90. The van der Waals surface area contributed by atoms with E-state index in [-0.39, 0.29) is 16.9 Å². The van der Waals surface area contributed by atoms with Gasteiger partial charge < -0.3 is 11.1 Å². The summed E-state index contributed by atoms with van der Waals surface area (Å²) in [6, 6.07) is 9.22. The van der Waals surface area contributed by atoms with Gasteiger partial charge in [-0.3, -0.25) is 4.79 Å². The molecule has 2 rings (SSSR count). The molecule has 0 saturated heterocycles. The predicted octanol–water partition coefficient (Wildman–Crippen LogP) is 0.522. The molecule has 0 radical (unpaired) electrons. The number of rotatable bonds is 6. The minimum atomic E-state index is -0.572. The highest BCUT2D eigenvalue weighted by atomic mass is 32.1. The molecule has 0 bridgehead atoms. The Morgan fingerprint density at radius 2 is 2.14 bits per heavy atom. The van der Waals surface area contributed by atoms with Gasteiger partial charge in [0.1, 0.15) is 0 Å². The highest BCUT2D eigenvalue weighted by Gasteiger charge is 2.24. The predicted molar refractivity (Wildman–Crippen MR) is 81.2 cm³/mol. The van der Waals surface area contributed by atoms with E-state index in [0.717, 1.165) is 5.56 Å². The second-order valence-corrected chi connectivity index (χ2v) is 5.12. The number of aromatic amines is 1. The van der Waals surface area contributed by atoms with Crippen molar-refractivity contribution in [3.05, 3.63) is 41.7 Å². The van der Waals surface area contributed by atoms with E-state index < -0.39 is 5.92 Å². The number of nitrogens with one attached hydrogen (secondary N) is 2. The lowest BCUT2D eigenvalue weighted by Crippen LogP contribution is -2.40. The van der Waals surface area contributed by atoms with Crippen LogP contribution in [0.3, 0.4) is 0 Å². The van der Waals surface area contributed by atoms with Crippen molar-refractivity contribution in [1.82, 2.24) is 25.9 Å². The van der Waals surface area contributed by atoms with Crippen LogP contribution >= 0.6 is 12.2 Å². The molecule has 0 spiro atoms. The molecule has 0 saturated carbocycles. The standard InChI is InChI=1S/C13H16N6OS/c1-8(12-16-18-19-17-12)15-13(20)10(11(14)21)7-9-5-3-2-4-6-9/h2-6,8,10H,7H2,1H3,(H2,14,21)(H,15,20)(H,16,17,18,19). The van der Waals surface area contributed by atoms with Gasteiger partial charge in [0.15, 0.2) is 5.82 Å². The molecule has 0 aliphatic carbocycles. The van der Waals surface area contributed by atoms with Gasteiger partial charge in [-0.25, -0.2) is 0 Å². The molecule has 0 aliphatic rings. The molecule has 1 aromatic heterocycles. The van der Waals surface area contributed by atoms with Crippen molar-refractivity contribution in [2.75, 3.05) is 0 Å². The summed E-state index contributed by atoms with van der Waals surface area (Å²) in [6.07, 6.45) is 0.459. The molecule has 2 aromatic rings. The quantitative estimate of drug-likeness (QED) is 0.671. The third-order valence-corrected chi connectivity index (χ3v) is 3.33. The number of carbonyl (C=O) groups excluding carboxylic acids is 1. The lowest BCUT2D eigenvalue weighted by Gasteiger charge is -2.18. The number of H-pyrrole nitrogens is 1. The monoisotopic (exact) mass is 304 g/mol. The second-order valence-electron chi connectivity index (χ2n) is 4.64. The molecule has 4 N–H and O–H groups in total. The lowest BCUT2D eigenvalue weighted by atomic mass is 9.98. The second kappa shape index (κ2) is 6.89. The van der Waals surface area contributed by atoms with E-state index in [1.54, 1.807) is 6.92 Å². The van der Waals surface area contributed by atoms with Crippen LogP contribution in [0, 0.1) is 5.92 Å². The number of amides is 1. The fraction of sp³-hybridized carbons (Fsp3) is 0.308. The Morgan fingerprint density at radius 1 is 1.43 bits per heavy atom. The number of tetrazole rings is 1. The van der Waals surface area contributed by atoms with Crippen molar-refractivity contribution < 1.29 is 4.79 Å². The molecule has 110 valence electrons. The zero-order valence-corrected chi connectivity index (χ0v) is 12.3. The smallest absolute Gasteiger partial charge is 0.230 e. The van der Waals surface area contributed by atoms with Crippen LogP contribution in [0.1, 0.15) is 24.4 Å². The van der Waals surface area contributed by atoms with Gasteiger partial charge in [0.25, 0.3) is 0 Å². The summed E-state index contributed by atoms with van der Waals surface area (Å²) in [5.41, 5.74) is 6.70. The number of aromatic nitrogens is 4. The van der Waals surface area contributed by atoms with E-state index in [1.807, 2.05) is 30.3 Å². The van der Waals surface area contributed by atoms with Gasteiger partial charge in [-0.2, -0.15) is 5.21 Å². The molecule has 0 fully saturated rings. The average Bonchev–Trinajstić information content (AvgIpc) is 2.99. The summed E-state index contributed by atoms with van der Waals surface area (Å²) in [5, 5.41) is 16.3. The first-order valence-electron chi connectivity index (χ1n) is 6.45. The maximum absolute atomic E-state index is 12.3. The molecular formula is C13H16N6OS. The minimum absolute atomic E-state index is 0.164. The van der Waals surface area contributed by atoms with Crippen LogP contribution in [0.2, 0.25) is 0 Å². The Labute approximate surface area is 127 Å². The Bertz CT molecular complexity index is 600. The van der Waals surface area contributed by atoms with Crippen molar-refractivity contribution in [1.29, 1.82) is 0 Å². The van der Waals surface area contributed by atoms with Crippen LogP contribution < -0.4 is 11.1 Å². The van der Waals surface area contributed by atoms with E-state index in [4.69, 9.17) is 18.0 Å². The largest absolute Gasteiger partial charge is 0.393 e. The van der Waals surface area contributed by atoms with Crippen molar-refractivity contribution in [3.63, 3.8) is 0 Å². The maximum Gasteiger partial charge on any atom is 0.230 e. The zero-order valence-electron chi connectivity index (χ0n) is 11.5. The molecule has 8 heteroatoms. The summed E-state index contributed by atoms with van der Waals surface area (Å²) >= 11 is 5.01. The van der Waals surface area contributed by atoms with E-state index in [9.17, 15) is 4.79 Å². The summed E-state index contributed by atoms with van der Waals surface area (Å²) in [5.74, 6) is -0.412. The first-order valence-corrected chi connectivity index (χ1v) is 6.85. The van der Waals surface area contributed by atoms with Crippen LogP contribution in [0.4, 0.5) is 0 Å². The molecule has 2 unspecified atom stereocenters. The van der Waals surface area contributed by atoms with Crippen LogP contribution in [0.5, 0.6) is 0 Å². The van der Waals surface area contributed by atoms with Crippen molar-refractivity contribution in [2.24, 2.45) is 11.7 Å². The van der Waals surface area contributed by atoms with E-state index >= 15 is 0 Å². The maximum atomic E-state index is 12.3. The van der Waals surface area contributed by atoms with Crippen LogP contribution in [-0.2, 0) is 11.2 Å². The number of nitrogens with zero attached hydrogens (tertiary/aromatic N) is 3. The SMILES string of the molecule is CC(NC(=O)C(Cc1ccccc1)C(N)=S)c1nn[nH]n1. The summed E-state index contributed by atoms with van der Waals surface area (Å²) in [7, 11) is 0. The van der Waals surface area contributed by atoms with Crippen LogP contribution in [0.15, 0.2) is 30.3 Å². The number of carbonyl (C=O) groups is 1. The van der Waals surface area contributed by atoms with Crippen LogP contribution in [-0.4, -0.2) is 31.5 Å². The molecule has 7 nitrogen and oxygen atoms in total. The van der Waals surface area contributed by atoms with Gasteiger partial charge in [-0.1, -0.05) is 47.8 Å². The minimum Gasteiger partial charge on any atom is -0.393 e. The summed E-state index contributed by atoms with van der Waals surface area (Å²) in [4.78, 5) is 12.5. The molecule has 1 heterocycles. The van der Waals surface area contributed by atoms with Crippen molar-refractivity contribution in [2.45, 2.75) is 19.4 Å². The Balaban J connectivity index is 2.04. The van der Waals surface area contributed by atoms with Gasteiger partial charge in [0, 0.05) is 0 Å². The highest BCUT2D eigenvalue weighted by Crippen LogP contribution is 2.12. The zero-order chi connectivity index (χ0) is 15.2. The molecule has 0 aliphatic heterocycles. The number of benzene rings is 1. The van der Waals surface area contributed by atoms with Crippen molar-refractivity contribution >= 4 is 23.1 Å². The Morgan fingerprint density at radius 3 is 2.71 bits per heavy atom. The van der Waals surface area contributed by atoms with Gasteiger partial charge in [-0.15, -0.1) is 10.2 Å². The van der Waals surface area contributed by atoms with Gasteiger partial charge in [0.2, 0.25) is 5.91 Å². The first-order chi connectivity index (χ1) is 10.1. The van der Waals surface area contributed by atoms with Gasteiger partial charge in [0.05, 0.1) is 16.9 Å². The first kappa shape index (κ1) is 15.0.